The molecular formula is C11H21NO3. The molecule has 2 unspecified atom stereocenters. The molecule has 88 valence electrons. The van der Waals surface area contributed by atoms with Crippen molar-refractivity contribution in [2.45, 2.75) is 39.2 Å². The van der Waals surface area contributed by atoms with Crippen molar-refractivity contribution in [2.24, 2.45) is 17.1 Å². The molecule has 1 aliphatic heterocycles. The summed E-state index contributed by atoms with van der Waals surface area (Å²) in [6, 6.07) is 0. The molecule has 0 bridgehead atoms. The fourth-order valence-corrected chi connectivity index (χ4v) is 2.64. The molecule has 3 N–H and O–H groups in total. The maximum absolute atomic E-state index is 11.0. The van der Waals surface area contributed by atoms with E-state index in [0.29, 0.717) is 13.2 Å². The molecule has 1 aliphatic rings. The zero-order valence-electron chi connectivity index (χ0n) is 9.75. The third kappa shape index (κ3) is 2.32. The van der Waals surface area contributed by atoms with E-state index >= 15 is 0 Å². The highest BCUT2D eigenvalue weighted by molar-refractivity contribution is 5.68. The van der Waals surface area contributed by atoms with Gasteiger partial charge in [0.05, 0.1) is 6.42 Å². The Morgan fingerprint density at radius 1 is 1.67 bits per heavy atom. The van der Waals surface area contributed by atoms with Crippen LogP contribution >= 0.6 is 0 Å². The number of rotatable bonds is 3. The van der Waals surface area contributed by atoms with Crippen molar-refractivity contribution in [1.82, 2.24) is 0 Å². The van der Waals surface area contributed by atoms with Crippen molar-refractivity contribution in [3.63, 3.8) is 0 Å². The summed E-state index contributed by atoms with van der Waals surface area (Å²) in [5, 5.41) is 9.02. The van der Waals surface area contributed by atoms with Crippen molar-refractivity contribution in [3.8, 4) is 0 Å². The number of carboxylic acids is 1. The third-order valence-electron chi connectivity index (χ3n) is 3.75. The van der Waals surface area contributed by atoms with E-state index < -0.39 is 11.5 Å². The van der Waals surface area contributed by atoms with Crippen molar-refractivity contribution in [1.29, 1.82) is 0 Å². The Balaban J connectivity index is 2.98. The van der Waals surface area contributed by atoms with Gasteiger partial charge in [0.15, 0.2) is 0 Å². The van der Waals surface area contributed by atoms with Crippen LogP contribution in [0.2, 0.25) is 0 Å². The molecule has 1 saturated heterocycles. The first-order chi connectivity index (χ1) is 6.79. The van der Waals surface area contributed by atoms with Crippen LogP contribution in [-0.2, 0) is 9.53 Å². The van der Waals surface area contributed by atoms with Crippen molar-refractivity contribution in [2.75, 3.05) is 13.2 Å². The molecule has 1 heterocycles. The molecule has 0 amide bonds. The van der Waals surface area contributed by atoms with Crippen LogP contribution in [0.5, 0.6) is 0 Å². The lowest BCUT2D eigenvalue weighted by Gasteiger charge is -2.50. The second-order valence-corrected chi connectivity index (χ2v) is 5.17. The van der Waals surface area contributed by atoms with E-state index in [1.807, 2.05) is 20.8 Å². The first-order valence-corrected chi connectivity index (χ1v) is 5.38. The van der Waals surface area contributed by atoms with Crippen LogP contribution in [0, 0.1) is 11.3 Å². The normalized spacial score (nSPS) is 32.7. The molecule has 4 nitrogen and oxygen atoms in total. The summed E-state index contributed by atoms with van der Waals surface area (Å²) >= 11 is 0. The van der Waals surface area contributed by atoms with Crippen LogP contribution < -0.4 is 5.73 Å². The second-order valence-electron chi connectivity index (χ2n) is 5.17. The van der Waals surface area contributed by atoms with E-state index in [4.69, 9.17) is 15.6 Å². The van der Waals surface area contributed by atoms with E-state index in [1.165, 1.54) is 0 Å². The Hall–Kier alpha value is -0.610. The van der Waals surface area contributed by atoms with Gasteiger partial charge in [0, 0.05) is 24.2 Å². The molecular weight excluding hydrogens is 194 g/mol. The first-order valence-electron chi connectivity index (χ1n) is 5.38. The second kappa shape index (κ2) is 4.10. The highest BCUT2D eigenvalue weighted by Gasteiger charge is 2.49. The maximum Gasteiger partial charge on any atom is 0.303 e. The molecule has 0 spiro atoms. The van der Waals surface area contributed by atoms with E-state index in [9.17, 15) is 4.79 Å². The van der Waals surface area contributed by atoms with Crippen molar-refractivity contribution in [3.05, 3.63) is 0 Å². The summed E-state index contributed by atoms with van der Waals surface area (Å²) < 4.78 is 5.37. The molecule has 0 aromatic heterocycles. The summed E-state index contributed by atoms with van der Waals surface area (Å²) in [6.45, 7) is 7.07. The van der Waals surface area contributed by atoms with Gasteiger partial charge in [-0.1, -0.05) is 6.92 Å². The fraction of sp³-hybridized carbons (Fsp3) is 0.909. The molecule has 0 saturated carbocycles. The Bertz CT molecular complexity index is 247. The molecule has 0 aromatic rings. The summed E-state index contributed by atoms with van der Waals surface area (Å²) in [4.78, 5) is 11.0. The quantitative estimate of drug-likeness (QED) is 0.743. The van der Waals surface area contributed by atoms with Crippen LogP contribution in [-0.4, -0.2) is 29.8 Å². The third-order valence-corrected chi connectivity index (χ3v) is 3.75. The van der Waals surface area contributed by atoms with E-state index in [-0.39, 0.29) is 17.8 Å². The summed E-state index contributed by atoms with van der Waals surface area (Å²) in [7, 11) is 0. The molecule has 1 rings (SSSR count). The van der Waals surface area contributed by atoms with Gasteiger partial charge >= 0.3 is 5.97 Å². The standard InChI is InChI=1S/C11H21NO3/c1-8-7-15-5-4-11(8,6-9(13)14)10(2,3)12/h8H,4-7,12H2,1-3H3,(H,13,14). The highest BCUT2D eigenvalue weighted by atomic mass is 16.5. The van der Waals surface area contributed by atoms with E-state index in [1.54, 1.807) is 0 Å². The summed E-state index contributed by atoms with van der Waals surface area (Å²) in [6.07, 6.45) is 0.852. The van der Waals surface area contributed by atoms with Crippen molar-refractivity contribution >= 4 is 5.97 Å². The average molecular weight is 215 g/mol. The van der Waals surface area contributed by atoms with Gasteiger partial charge in [-0.25, -0.2) is 0 Å². The number of ether oxygens (including phenoxy) is 1. The van der Waals surface area contributed by atoms with Crippen LogP contribution in [0.3, 0.4) is 0 Å². The van der Waals surface area contributed by atoms with Crippen LogP contribution in [0.15, 0.2) is 0 Å². The van der Waals surface area contributed by atoms with Gasteiger partial charge in [-0.15, -0.1) is 0 Å². The zero-order valence-corrected chi connectivity index (χ0v) is 9.75. The van der Waals surface area contributed by atoms with Crippen LogP contribution in [0.25, 0.3) is 0 Å². The minimum atomic E-state index is -0.776. The Morgan fingerprint density at radius 2 is 2.27 bits per heavy atom. The predicted octanol–water partition coefficient (Wildman–Crippen LogP) is 1.24. The highest BCUT2D eigenvalue weighted by Crippen LogP contribution is 2.46. The van der Waals surface area contributed by atoms with Gasteiger partial charge in [0.2, 0.25) is 0 Å². The van der Waals surface area contributed by atoms with Crippen LogP contribution in [0.4, 0.5) is 0 Å². The molecule has 4 heteroatoms. The topological polar surface area (TPSA) is 72.5 Å². The maximum atomic E-state index is 11.0. The Morgan fingerprint density at radius 3 is 2.67 bits per heavy atom. The number of carboxylic acid groups (broad SMARTS) is 1. The fourth-order valence-electron chi connectivity index (χ4n) is 2.64. The number of hydrogen-bond donors (Lipinski definition) is 2. The van der Waals surface area contributed by atoms with Gasteiger partial charge in [-0.2, -0.15) is 0 Å². The number of hydrogen-bond acceptors (Lipinski definition) is 3. The van der Waals surface area contributed by atoms with Gasteiger partial charge in [-0.3, -0.25) is 4.79 Å². The molecule has 0 radical (unpaired) electrons. The number of aliphatic carboxylic acids is 1. The van der Waals surface area contributed by atoms with Gasteiger partial charge in [-0.05, 0) is 26.2 Å². The van der Waals surface area contributed by atoms with E-state index in [2.05, 4.69) is 0 Å². The SMILES string of the molecule is CC1COCCC1(CC(=O)O)C(C)(C)N. The molecule has 0 aromatic carbocycles. The van der Waals surface area contributed by atoms with Gasteiger partial charge in [0.1, 0.15) is 0 Å². The Kier molecular flexibility index (Phi) is 3.41. The number of carbonyl (C=O) groups is 1. The van der Waals surface area contributed by atoms with Gasteiger partial charge in [0.25, 0.3) is 0 Å². The summed E-state index contributed by atoms with van der Waals surface area (Å²) in [5.41, 5.74) is 5.32. The molecule has 2 atom stereocenters. The lowest BCUT2D eigenvalue weighted by molar-refractivity contribution is -0.147. The predicted molar refractivity (Wildman–Crippen MR) is 57.6 cm³/mol. The largest absolute Gasteiger partial charge is 0.481 e. The smallest absolute Gasteiger partial charge is 0.303 e. The summed E-state index contributed by atoms with van der Waals surface area (Å²) in [5.74, 6) is -0.593. The monoisotopic (exact) mass is 215 g/mol. The lowest BCUT2D eigenvalue weighted by atomic mass is 9.60. The Labute approximate surface area is 90.8 Å². The zero-order chi connectivity index (χ0) is 11.7. The van der Waals surface area contributed by atoms with E-state index in [0.717, 1.165) is 6.42 Å². The number of nitrogens with two attached hydrogens (primary N) is 1. The van der Waals surface area contributed by atoms with Gasteiger partial charge < -0.3 is 15.6 Å². The lowest BCUT2D eigenvalue weighted by Crippen LogP contribution is -2.58. The molecule has 0 aliphatic carbocycles. The van der Waals surface area contributed by atoms with Crippen molar-refractivity contribution < 1.29 is 14.6 Å². The minimum Gasteiger partial charge on any atom is -0.481 e. The van der Waals surface area contributed by atoms with Crippen LogP contribution in [0.1, 0.15) is 33.6 Å². The molecule has 1 fully saturated rings. The molecule has 15 heavy (non-hydrogen) atoms. The average Bonchev–Trinajstić information content (AvgIpc) is 2.06. The first kappa shape index (κ1) is 12.5. The minimum absolute atomic E-state index is 0.126.